The molecule has 8 aliphatic heterocycles. The van der Waals surface area contributed by atoms with E-state index >= 15 is 8.78 Å². The van der Waals surface area contributed by atoms with Gasteiger partial charge in [-0.25, -0.2) is 31.9 Å². The van der Waals surface area contributed by atoms with Gasteiger partial charge in [0.25, 0.3) is 5.69 Å². The standard InChI is InChI=1S/C22H21F4NO3S.C22H19F4NO2S.C14H13F4N3O3S.C14H14F4N2OS.C13H15F4NO2/c1-13-6-5-9-15(19(13)23)21(12-30-20(16(21)11-28)22(24,25)26)27-18(31)10-17(29)14-7-3-2-4-8-14;1-13-6-5-9-15(19(13)23)21-12-29-20(22(24,25)26)16(21)11-30-18(27-21)10-17(28)14-7-3-2-4-8-14;1-6-2-7(21(22)23)3-8(10(6)15)13-5-24-11(14(16,17)18)9(13)4-25-12(19)20-13;1-7-3-2-4-8(10(7)15)13-6-21-11(14(16,17)18)9(13)5-22-12(19)20-13;1-7-3-2-4-8(10(7)14)12(18)6-20-11(9(12)5-19)13(15,16)17/h2-9,16,20,28H,10-12H2,1H3,(H,27,31);2-9,16,20H,10-12H2,1H3;2-3,9,11H,4-5H2,1H3,(H2,19,20);2-4,9,11H,5-6H2,1H3,(H2,19,20);2-4,9,11,19H,5-6,18H2,1H3/t2*16-,20+,21-;2*9-,11+,13-;9-,11+,12-/m11111/s1. The van der Waals surface area contributed by atoms with E-state index in [0.29, 0.717) is 27.3 Å². The fourth-order valence-electron chi connectivity index (χ4n) is 16.9. The third-order valence-corrected chi connectivity index (χ3v) is 26.6. The van der Waals surface area contributed by atoms with Gasteiger partial charge in [0.15, 0.2) is 52.4 Å². The van der Waals surface area contributed by atoms with Gasteiger partial charge >= 0.3 is 30.9 Å². The Morgan fingerprint density at radius 2 is 0.812 bits per heavy atom. The molecule has 5 saturated heterocycles. The highest BCUT2D eigenvalue weighted by molar-refractivity contribution is 8.14. The number of nitrogens with one attached hydrogen (secondary N) is 1. The number of halogens is 20. The van der Waals surface area contributed by atoms with Crippen LogP contribution in [0.15, 0.2) is 161 Å². The average Bonchev–Trinajstić information content (AvgIpc) is 1.51. The molecule has 0 aliphatic carbocycles. The van der Waals surface area contributed by atoms with Crippen molar-refractivity contribution >= 4 is 85.1 Å². The topological polar surface area (TPSA) is 291 Å². The number of alkyl halides is 15. The molecule has 7 aromatic rings. The Morgan fingerprint density at radius 3 is 1.23 bits per heavy atom. The molecule has 8 heterocycles. The van der Waals surface area contributed by atoms with Crippen molar-refractivity contribution in [3.63, 3.8) is 0 Å². The summed E-state index contributed by atoms with van der Waals surface area (Å²) >= 11 is 8.35. The van der Waals surface area contributed by atoms with Gasteiger partial charge in [-0.3, -0.25) is 24.7 Å². The number of aliphatic hydroxyl groups excluding tert-OH is 2. The predicted molar refractivity (Wildman–Crippen MR) is 440 cm³/mol. The van der Waals surface area contributed by atoms with Gasteiger partial charge in [-0.1, -0.05) is 169 Å². The van der Waals surface area contributed by atoms with Crippen molar-refractivity contribution in [2.75, 3.05) is 63.5 Å². The molecule has 0 saturated carbocycles. The first-order chi connectivity index (χ1) is 59.8. The lowest BCUT2D eigenvalue weighted by atomic mass is 9.77. The number of amidine groups is 2. The summed E-state index contributed by atoms with van der Waals surface area (Å²) in [4.78, 5) is 48.3. The molecule has 0 amide bonds. The first-order valence-corrected chi connectivity index (χ1v) is 42.3. The normalized spacial score (nSPS) is 27.8. The number of aliphatic imine (C=N–C) groups is 3. The van der Waals surface area contributed by atoms with Gasteiger partial charge in [0, 0.05) is 97.9 Å². The minimum Gasteiger partial charge on any atom is -0.396 e. The van der Waals surface area contributed by atoms with Crippen LogP contribution < -0.4 is 22.5 Å². The Kier molecular flexibility index (Phi) is 30.3. The number of nitrogens with zero attached hydrogens (tertiary/aromatic N) is 4. The van der Waals surface area contributed by atoms with Crippen LogP contribution in [0.4, 0.5) is 93.5 Å². The Bertz CT molecular complexity index is 5350. The largest absolute Gasteiger partial charge is 0.415 e. The van der Waals surface area contributed by atoms with E-state index in [-0.39, 0.29) is 115 Å². The van der Waals surface area contributed by atoms with Crippen molar-refractivity contribution in [2.45, 2.75) is 137 Å². The predicted octanol–water partition coefficient (Wildman–Crippen LogP) is 17.1. The molecule has 19 nitrogen and oxygen atoms in total. The summed E-state index contributed by atoms with van der Waals surface area (Å²) in [6.07, 6.45) is -34.2. The number of hydrogen-bond donors (Lipinski definition) is 6. The number of carbonyl (C=O) groups is 2. The Hall–Kier alpha value is -8.89. The molecule has 7 aromatic carbocycles. The van der Waals surface area contributed by atoms with Crippen molar-refractivity contribution in [1.29, 1.82) is 0 Å². The van der Waals surface area contributed by atoms with Crippen LogP contribution in [0.3, 0.4) is 0 Å². The molecule has 0 radical (unpaired) electrons. The first-order valence-electron chi connectivity index (χ1n) is 38.9. The van der Waals surface area contributed by atoms with Crippen molar-refractivity contribution in [3.8, 4) is 0 Å². The Labute approximate surface area is 736 Å². The molecular formula is C85H82F20N8O11S4. The fraction of sp³-hybridized carbons (Fsp3) is 0.435. The Morgan fingerprint density at radius 1 is 0.461 bits per heavy atom. The van der Waals surface area contributed by atoms with Gasteiger partial charge in [0.1, 0.15) is 45.7 Å². The van der Waals surface area contributed by atoms with E-state index in [1.54, 1.807) is 98.8 Å². The van der Waals surface area contributed by atoms with Gasteiger partial charge < -0.3 is 56.4 Å². The average molecular weight is 1900 g/mol. The van der Waals surface area contributed by atoms with Crippen LogP contribution in [-0.4, -0.2) is 172 Å². The molecule has 0 spiro atoms. The second kappa shape index (κ2) is 38.9. The number of ether oxygens (including phenoxy) is 5. The second-order valence-corrected chi connectivity index (χ2v) is 35.2. The minimum atomic E-state index is -4.78. The smallest absolute Gasteiger partial charge is 0.396 e. The number of benzene rings is 7. The molecule has 0 unspecified atom stereocenters. The van der Waals surface area contributed by atoms with Gasteiger partial charge in [0.05, 0.1) is 85.1 Å². The molecule has 15 atom stereocenters. The number of aliphatic hydroxyl groups is 2. The van der Waals surface area contributed by atoms with E-state index in [9.17, 15) is 109 Å². The maximum atomic E-state index is 15.0. The molecule has 128 heavy (non-hydrogen) atoms. The lowest BCUT2D eigenvalue weighted by molar-refractivity contribution is -0.385. The number of hydrogen-bond acceptors (Lipinski definition) is 21. The summed E-state index contributed by atoms with van der Waals surface area (Å²) in [5.41, 5.74) is 10.5. The number of aryl methyl sites for hydroxylation is 5. The monoisotopic (exact) mass is 1900 g/mol. The summed E-state index contributed by atoms with van der Waals surface area (Å²) in [5.74, 6) is -10.2. The molecule has 0 aromatic heterocycles. The van der Waals surface area contributed by atoms with E-state index < -0.39 is 191 Å². The van der Waals surface area contributed by atoms with Crippen molar-refractivity contribution < 1.29 is 136 Å². The number of non-ortho nitro benzene ring substituents is 1. The van der Waals surface area contributed by atoms with Crippen LogP contribution in [0.2, 0.25) is 0 Å². The maximum absolute atomic E-state index is 15.0. The highest BCUT2D eigenvalue weighted by atomic mass is 32.2. The summed E-state index contributed by atoms with van der Waals surface area (Å²) in [6.45, 7) is 3.28. The van der Waals surface area contributed by atoms with E-state index in [1.807, 2.05) is 0 Å². The third kappa shape index (κ3) is 20.4. The first kappa shape index (κ1) is 99.7. The van der Waals surface area contributed by atoms with Crippen molar-refractivity contribution in [2.24, 2.45) is 61.8 Å². The molecule has 15 rings (SSSR count). The number of carbonyl (C=O) groups excluding carboxylic acids is 2. The molecule has 43 heteroatoms. The zero-order chi connectivity index (χ0) is 94.1. The van der Waals surface area contributed by atoms with E-state index in [1.165, 1.54) is 69.3 Å². The summed E-state index contributed by atoms with van der Waals surface area (Å²) in [5, 5.41) is 33.5. The van der Waals surface area contributed by atoms with Gasteiger partial charge in [-0.2, -0.15) is 65.9 Å². The zero-order valence-electron chi connectivity index (χ0n) is 67.9. The fourth-order valence-corrected chi connectivity index (χ4v) is 20.6. The number of rotatable bonds is 15. The lowest BCUT2D eigenvalue weighted by Crippen LogP contribution is -2.55. The summed E-state index contributed by atoms with van der Waals surface area (Å²) < 4.78 is 298. The highest BCUT2D eigenvalue weighted by Gasteiger charge is 2.67. The molecule has 0 bridgehead atoms. The lowest BCUT2D eigenvalue weighted by Gasteiger charge is -2.37. The molecule has 692 valence electrons. The van der Waals surface area contributed by atoms with E-state index in [2.05, 4.69) is 20.3 Å². The Balaban J connectivity index is 0.000000156. The molecular weight excluding hydrogens is 1820 g/mol. The van der Waals surface area contributed by atoms with Crippen LogP contribution in [-0.2, 0) is 51.4 Å². The van der Waals surface area contributed by atoms with E-state index in [0.717, 1.165) is 47.4 Å². The van der Waals surface area contributed by atoms with Crippen molar-refractivity contribution in [1.82, 2.24) is 5.32 Å². The van der Waals surface area contributed by atoms with E-state index in [4.69, 9.17) is 53.1 Å². The molecule has 8 aliphatic rings. The van der Waals surface area contributed by atoms with Gasteiger partial charge in [-0.15, -0.1) is 11.8 Å². The van der Waals surface area contributed by atoms with Crippen LogP contribution in [0, 0.1) is 103 Å². The zero-order valence-corrected chi connectivity index (χ0v) is 71.2. The SMILES string of the molecule is Cc1cc([N+](=O)[O-])cc([C@]23CO[C@H](C(F)(F)F)[C@H]2CSC(N)=N3)c1F.Cc1cccc([C@]2(N)CO[C@H](C(F)(F)F)[C@H]2CO)c1F.Cc1cccc([C@]2(NC(=S)CC(=O)c3ccccc3)CO[C@H](C(F)(F)F)[C@H]2CO)c1F.Cc1cccc([C@]23CO[C@H](C(F)(F)F)[C@H]2CSC(CC(=O)c2ccccc2)=N3)c1F.Cc1cccc([C@]23CO[C@H](C(F)(F)F)[C@H]2CSC(N)=N3)c1F. The number of nitro benzene ring substituents is 1. The molecule has 9 N–H and O–H groups in total. The number of nitro groups is 1. The summed E-state index contributed by atoms with van der Waals surface area (Å²) in [7, 11) is 0. The van der Waals surface area contributed by atoms with Gasteiger partial charge in [0.2, 0.25) is 0 Å². The van der Waals surface area contributed by atoms with Crippen LogP contribution in [0.1, 0.15) is 89.2 Å². The van der Waals surface area contributed by atoms with Gasteiger partial charge in [-0.05, 0) is 62.4 Å². The molecule has 5 fully saturated rings. The number of fused-ring (bicyclic) bond motifs is 3. The third-order valence-electron chi connectivity index (χ3n) is 23.4. The highest BCUT2D eigenvalue weighted by Crippen LogP contribution is 2.57. The summed E-state index contributed by atoms with van der Waals surface area (Å²) in [6, 6.07) is 36.7. The van der Waals surface area contributed by atoms with Crippen LogP contribution in [0.5, 0.6) is 0 Å². The maximum Gasteiger partial charge on any atom is 0.415 e. The minimum absolute atomic E-state index is 0.00812. The number of ketones is 2. The second-order valence-electron chi connectivity index (χ2n) is 31.5. The number of thioether (sulfide) groups is 3. The number of thiocarbonyl (C=S) groups is 1. The van der Waals surface area contributed by atoms with Crippen LogP contribution >= 0.6 is 47.5 Å². The number of Topliss-reactive ketones (excluding diaryl/α,β-unsaturated/α-hetero) is 2. The van der Waals surface area contributed by atoms with Crippen molar-refractivity contribution in [3.05, 3.63) is 252 Å². The quantitative estimate of drug-likeness (QED) is 0.0183. The van der Waals surface area contributed by atoms with Crippen LogP contribution in [0.25, 0.3) is 0 Å². The number of nitrogens with two attached hydrogens (primary N) is 3.